The number of carbonyl (C=O) groups is 2. The average molecular weight is 1360 g/mol. The van der Waals surface area contributed by atoms with E-state index in [-0.39, 0.29) is 63.9 Å². The molecule has 0 spiro atoms. The second-order valence-electron chi connectivity index (χ2n) is 28.4. The lowest BCUT2D eigenvalue weighted by atomic mass is 9.73. The molecule has 0 radical (unpaired) electrons. The maximum Gasteiger partial charge on any atom is 0.311 e. The highest BCUT2D eigenvalue weighted by molar-refractivity contribution is 5.89. The highest BCUT2D eigenvalue weighted by atomic mass is 16.8. The summed E-state index contributed by atoms with van der Waals surface area (Å²) < 4.78 is 58.9. The minimum Gasteiger partial charge on any atom is -0.459 e. The maximum atomic E-state index is 13.9. The van der Waals surface area contributed by atoms with E-state index in [1.54, 1.807) is 55.4 Å². The number of ether oxygens (including phenoxy) is 10. The summed E-state index contributed by atoms with van der Waals surface area (Å²) in [6, 6.07) is -1.22. The fraction of sp³-hybridized carbons (Fsp3) is 0.939. The van der Waals surface area contributed by atoms with Crippen LogP contribution in [0.3, 0.4) is 0 Å². The largest absolute Gasteiger partial charge is 0.459 e. The Hall–Kier alpha value is -2.92. The standard InChI is InChI=1S/C66H122N4O24/c1-21-47-65(15,81)55(75)39(7)49(67-87-33-85-27-25-83-19)35(3)31-63(13,79)57(41(9)51(71)43(11)59(77)91-47)93-61-53(73)45(29-37(5)89-61)69(17)23-24-70(18)46-30-38(6)90-62(54(46)74)94-58-42(10)52(72)44(12)60(78)92-48(22-2)66(16,82)56(76)40(8)50(36(4)32-64(58,14)80)68-88-34-86-28-26-84-20/h35-48,51-58,61-62,71-76,79-82H,21-34H2,1-20H3/b67-49+,68-50+/t35-,36-,37?,38?,39+,40+,41+,42+,43-,44-,45?,46?,47-,48-,51+,52+,53?,54?,55-,56-,57-,58-,61?,62?,63+,64+,65-,66-/m1/s1. The van der Waals surface area contributed by atoms with Crippen molar-refractivity contribution in [1.29, 1.82) is 0 Å². The first-order chi connectivity index (χ1) is 43.8. The highest BCUT2D eigenvalue weighted by Crippen LogP contribution is 2.41. The van der Waals surface area contributed by atoms with Gasteiger partial charge >= 0.3 is 11.9 Å². The number of cyclic esters (lactones) is 2. The van der Waals surface area contributed by atoms with Crippen LogP contribution in [0.5, 0.6) is 0 Å². The van der Waals surface area contributed by atoms with Gasteiger partial charge in [-0.3, -0.25) is 19.4 Å². The molecule has 0 aromatic heterocycles. The monoisotopic (exact) mass is 1350 g/mol. The Morgan fingerprint density at radius 3 is 1.15 bits per heavy atom. The maximum absolute atomic E-state index is 13.9. The Morgan fingerprint density at radius 1 is 0.511 bits per heavy atom. The first kappa shape index (κ1) is 83.5. The van der Waals surface area contributed by atoms with Crippen LogP contribution in [-0.4, -0.2) is 286 Å². The third-order valence-corrected chi connectivity index (χ3v) is 20.3. The molecule has 4 fully saturated rings. The zero-order chi connectivity index (χ0) is 71.1. The molecule has 28 atom stereocenters. The van der Waals surface area contributed by atoms with Crippen molar-refractivity contribution in [3.8, 4) is 0 Å². The van der Waals surface area contributed by atoms with Gasteiger partial charge in [-0.05, 0) is 108 Å². The molecule has 0 aliphatic carbocycles. The van der Waals surface area contributed by atoms with Gasteiger partial charge in [0.15, 0.2) is 12.6 Å². The lowest BCUT2D eigenvalue weighted by Gasteiger charge is -2.48. The van der Waals surface area contributed by atoms with Crippen molar-refractivity contribution in [3.05, 3.63) is 0 Å². The molecule has 0 aromatic rings. The van der Waals surface area contributed by atoms with Crippen molar-refractivity contribution in [1.82, 2.24) is 9.80 Å². The van der Waals surface area contributed by atoms with Crippen molar-refractivity contribution in [2.75, 3.05) is 81.4 Å². The van der Waals surface area contributed by atoms with Gasteiger partial charge in [-0.15, -0.1) is 0 Å². The normalized spacial score (nSPS) is 44.0. The first-order valence-corrected chi connectivity index (χ1v) is 33.7. The SMILES string of the molecule is CC[C@H]1OC(=O)[C@H](C)[C@@H](O)[C@H](C)[C@@H](OC2OC(C)CC(N(C)CCN(C)C3CC(C)OC(O[C@@H]4[C@@H](C)[C@H](O)[C@@H](C)C(=O)O[C@H](CC)[C@@](C)(O)[C@H](O)[C@@H](C)/C(=N/OCOCCOC)[C@H](C)C[C@]4(C)O)C3O)C2O)[C@@](C)(O)C[C@@H](C)/C(=N\OCOCCOC)[C@H](C)[C@@H](O)[C@]1(C)O. The molecule has 0 amide bonds. The zero-order valence-electron chi connectivity index (χ0n) is 59.7. The number of esters is 2. The summed E-state index contributed by atoms with van der Waals surface area (Å²) in [6.07, 6.45) is -17.1. The summed E-state index contributed by atoms with van der Waals surface area (Å²) >= 11 is 0. The molecule has 4 rings (SSSR count). The van der Waals surface area contributed by atoms with Gasteiger partial charge in [0.05, 0.1) is 110 Å². The van der Waals surface area contributed by atoms with E-state index in [1.165, 1.54) is 55.8 Å². The molecule has 94 heavy (non-hydrogen) atoms. The van der Waals surface area contributed by atoms with Crippen LogP contribution in [0.15, 0.2) is 10.3 Å². The Balaban J connectivity index is 1.63. The molecule has 8 unspecified atom stereocenters. The number of carbonyl (C=O) groups excluding carboxylic acids is 2. The lowest BCUT2D eigenvalue weighted by molar-refractivity contribution is -0.301. The zero-order valence-corrected chi connectivity index (χ0v) is 59.7. The fourth-order valence-electron chi connectivity index (χ4n) is 14.4. The highest BCUT2D eigenvalue weighted by Gasteiger charge is 2.54. The third kappa shape index (κ3) is 21.3. The number of likely N-dealkylation sites (N-methyl/N-ethyl adjacent to an activating group) is 2. The Morgan fingerprint density at radius 2 is 0.840 bits per heavy atom. The van der Waals surface area contributed by atoms with Crippen molar-refractivity contribution in [2.45, 2.75) is 270 Å². The Bertz CT molecular complexity index is 2180. The quantitative estimate of drug-likeness (QED) is 0.0304. The van der Waals surface area contributed by atoms with Gasteiger partial charge in [0.25, 0.3) is 0 Å². The van der Waals surface area contributed by atoms with E-state index >= 15 is 0 Å². The molecule has 4 aliphatic rings. The smallest absolute Gasteiger partial charge is 0.311 e. The van der Waals surface area contributed by atoms with Gasteiger partial charge in [-0.1, -0.05) is 65.7 Å². The predicted molar refractivity (Wildman–Crippen MR) is 344 cm³/mol. The number of rotatable bonds is 23. The summed E-state index contributed by atoms with van der Waals surface area (Å²) in [4.78, 5) is 42.9. The van der Waals surface area contributed by atoms with Crippen LogP contribution in [0.2, 0.25) is 0 Å². The first-order valence-electron chi connectivity index (χ1n) is 33.7. The van der Waals surface area contributed by atoms with E-state index in [0.29, 0.717) is 39.1 Å². The Labute approximate surface area is 557 Å². The Kier molecular flexibility index (Phi) is 32.8. The average Bonchev–Trinajstić information content (AvgIpc) is 1.35. The summed E-state index contributed by atoms with van der Waals surface area (Å²) in [7, 11) is 6.71. The van der Waals surface area contributed by atoms with Gasteiger partial charge in [-0.25, -0.2) is 0 Å². The third-order valence-electron chi connectivity index (χ3n) is 20.3. The van der Waals surface area contributed by atoms with Crippen molar-refractivity contribution in [2.24, 2.45) is 57.7 Å². The summed E-state index contributed by atoms with van der Waals surface area (Å²) in [6.45, 7) is 26.8. The minimum absolute atomic E-state index is 0.102. The number of oxime groups is 2. The fourth-order valence-corrected chi connectivity index (χ4v) is 14.4. The number of nitrogens with zero attached hydrogens (tertiary/aromatic N) is 4. The molecule has 550 valence electrons. The van der Waals surface area contributed by atoms with E-state index in [2.05, 4.69) is 10.3 Å². The van der Waals surface area contributed by atoms with Gasteiger partial charge in [0.1, 0.15) is 35.6 Å². The molecular weight excluding hydrogens is 1230 g/mol. The second-order valence-corrected chi connectivity index (χ2v) is 28.4. The summed E-state index contributed by atoms with van der Waals surface area (Å²) in [5.41, 5.74) is -7.33. The van der Waals surface area contributed by atoms with Gasteiger partial charge in [-0.2, -0.15) is 0 Å². The summed E-state index contributed by atoms with van der Waals surface area (Å²) in [5, 5.41) is 131. The van der Waals surface area contributed by atoms with Gasteiger partial charge < -0.3 is 108 Å². The van der Waals surface area contributed by atoms with E-state index in [0.717, 1.165) is 0 Å². The molecule has 4 saturated heterocycles. The van der Waals surface area contributed by atoms with Crippen LogP contribution in [0.1, 0.15) is 149 Å². The van der Waals surface area contributed by atoms with Crippen LogP contribution in [0.4, 0.5) is 0 Å². The predicted octanol–water partition coefficient (Wildman–Crippen LogP) is 2.32. The van der Waals surface area contributed by atoms with E-state index < -0.39 is 180 Å². The molecule has 28 heteroatoms. The second kappa shape index (κ2) is 37.0. The molecule has 0 saturated carbocycles. The number of aliphatic hydroxyl groups is 10. The number of aliphatic hydroxyl groups excluding tert-OH is 6. The van der Waals surface area contributed by atoms with Crippen LogP contribution in [-0.2, 0) is 66.6 Å². The van der Waals surface area contributed by atoms with Crippen molar-refractivity contribution < 1.29 is 118 Å². The van der Waals surface area contributed by atoms with Gasteiger partial charge in [0, 0.05) is 74.9 Å². The molecule has 0 bridgehead atoms. The topological polar surface area (TPSA) is 378 Å². The lowest BCUT2D eigenvalue weighted by Crippen LogP contribution is -2.61. The minimum atomic E-state index is -2.01. The van der Waals surface area contributed by atoms with E-state index in [4.69, 9.17) is 57.0 Å². The van der Waals surface area contributed by atoms with Crippen LogP contribution in [0, 0.1) is 47.3 Å². The van der Waals surface area contributed by atoms with E-state index in [1.807, 2.05) is 37.7 Å². The molecule has 4 aliphatic heterocycles. The van der Waals surface area contributed by atoms with Crippen LogP contribution >= 0.6 is 0 Å². The molecule has 10 N–H and O–H groups in total. The summed E-state index contributed by atoms with van der Waals surface area (Å²) in [5.74, 6) is -9.55. The number of hydrogen-bond acceptors (Lipinski definition) is 28. The van der Waals surface area contributed by atoms with Crippen LogP contribution < -0.4 is 0 Å². The number of hydrogen-bond donors (Lipinski definition) is 10. The molecule has 28 nitrogen and oxygen atoms in total. The molecule has 0 aromatic carbocycles. The van der Waals surface area contributed by atoms with Crippen molar-refractivity contribution in [3.63, 3.8) is 0 Å². The number of methoxy groups -OCH3 is 2. The molecular formula is C66H122N4O24. The van der Waals surface area contributed by atoms with Crippen molar-refractivity contribution >= 4 is 23.4 Å². The van der Waals surface area contributed by atoms with E-state index in [9.17, 15) is 60.7 Å². The van der Waals surface area contributed by atoms with Gasteiger partial charge in [0.2, 0.25) is 13.6 Å². The van der Waals surface area contributed by atoms with Crippen LogP contribution in [0.25, 0.3) is 0 Å². The molecule has 4 heterocycles.